The number of nitrogens with zero attached hydrogens (tertiary/aromatic N) is 5. The molecule has 4 aromatic heterocycles. The number of carbonyl (C=O) groups is 1. The number of imidazole rings is 1. The predicted molar refractivity (Wildman–Crippen MR) is 144 cm³/mol. The first kappa shape index (κ1) is 24.3. The van der Waals surface area contributed by atoms with E-state index in [4.69, 9.17) is 9.84 Å². The summed E-state index contributed by atoms with van der Waals surface area (Å²) in [5, 5.41) is 19.0. The first-order chi connectivity index (χ1) is 18.5. The third-order valence-corrected chi connectivity index (χ3v) is 7.07. The van der Waals surface area contributed by atoms with Crippen LogP contribution < -0.4 is 10.1 Å². The molecule has 0 radical (unpaired) electrons. The van der Waals surface area contributed by atoms with Crippen LogP contribution in [0.4, 0.5) is 0 Å². The summed E-state index contributed by atoms with van der Waals surface area (Å²) >= 11 is 0. The maximum Gasteiger partial charge on any atom is 0.185 e. The average Bonchev–Trinajstić information content (AvgIpc) is 3.61. The van der Waals surface area contributed by atoms with Gasteiger partial charge in [0.05, 0.1) is 29.6 Å². The van der Waals surface area contributed by atoms with E-state index < -0.39 is 6.10 Å². The standard InChI is InChI=1S/C29H30N6O3/c1-3-22-29-19(7-5-9-23(29)35(33-22)17-20-8-4-6-18(2)32-20)12-25(36)24-14-31-28-13-21(10-11-34(24)28)38-27-16-30-15-26(27)37/h4-11,13-14,26-27,30,37H,3,12,15-17H2,1-2H3/t26-,27-/m0/s1. The molecule has 0 aliphatic carbocycles. The number of fused-ring (bicyclic) bond motifs is 2. The van der Waals surface area contributed by atoms with Crippen LogP contribution in [-0.4, -0.2) is 60.3 Å². The number of aliphatic hydroxyl groups excluding tert-OH is 1. The van der Waals surface area contributed by atoms with Crippen LogP contribution in [0.5, 0.6) is 5.75 Å². The normalized spacial score (nSPS) is 17.4. The van der Waals surface area contributed by atoms with E-state index in [0.29, 0.717) is 36.7 Å². The second-order valence-electron chi connectivity index (χ2n) is 9.76. The molecule has 0 unspecified atom stereocenters. The summed E-state index contributed by atoms with van der Waals surface area (Å²) in [6, 6.07) is 15.6. The third-order valence-electron chi connectivity index (χ3n) is 7.07. The number of nitrogens with one attached hydrogen (secondary N) is 1. The van der Waals surface area contributed by atoms with Crippen molar-refractivity contribution in [1.29, 1.82) is 0 Å². The van der Waals surface area contributed by atoms with Gasteiger partial charge in [-0.2, -0.15) is 5.10 Å². The van der Waals surface area contributed by atoms with Gasteiger partial charge in [0, 0.05) is 42.9 Å². The molecule has 0 bridgehead atoms. The number of hydrogen-bond acceptors (Lipinski definition) is 7. The SMILES string of the molecule is CCc1nn(Cc2cccc(C)n2)c2cccc(CC(=O)c3cnc4cc(O[C@H]5CNC[C@@H]5O)ccn34)c12. The zero-order valence-electron chi connectivity index (χ0n) is 21.5. The van der Waals surface area contributed by atoms with Crippen LogP contribution in [0.3, 0.4) is 0 Å². The molecule has 5 heterocycles. The number of aryl methyl sites for hydroxylation is 2. The lowest BCUT2D eigenvalue weighted by atomic mass is 10.0. The smallest absolute Gasteiger partial charge is 0.185 e. The lowest BCUT2D eigenvalue weighted by molar-refractivity contribution is 0.0738. The van der Waals surface area contributed by atoms with Gasteiger partial charge in [-0.25, -0.2) is 4.98 Å². The van der Waals surface area contributed by atoms with Crippen molar-refractivity contribution < 1.29 is 14.6 Å². The fourth-order valence-corrected chi connectivity index (χ4v) is 5.18. The second kappa shape index (κ2) is 10.00. The van der Waals surface area contributed by atoms with Crippen LogP contribution in [0, 0.1) is 6.92 Å². The highest BCUT2D eigenvalue weighted by Crippen LogP contribution is 2.26. The fourth-order valence-electron chi connectivity index (χ4n) is 5.18. The molecule has 5 aromatic rings. The largest absolute Gasteiger partial charge is 0.486 e. The number of rotatable bonds is 8. The van der Waals surface area contributed by atoms with E-state index in [1.54, 1.807) is 28.9 Å². The Balaban J connectivity index is 1.27. The Kier molecular flexibility index (Phi) is 6.39. The molecule has 0 spiro atoms. The zero-order chi connectivity index (χ0) is 26.2. The molecule has 1 aliphatic heterocycles. The molecule has 1 aliphatic rings. The molecule has 1 aromatic carbocycles. The van der Waals surface area contributed by atoms with E-state index in [1.807, 2.05) is 41.9 Å². The Labute approximate surface area is 220 Å². The topological polar surface area (TPSA) is 107 Å². The molecule has 9 nitrogen and oxygen atoms in total. The lowest BCUT2D eigenvalue weighted by Gasteiger charge is -2.16. The van der Waals surface area contributed by atoms with Crippen molar-refractivity contribution in [2.75, 3.05) is 13.1 Å². The molecule has 0 saturated carbocycles. The van der Waals surface area contributed by atoms with Crippen LogP contribution >= 0.6 is 0 Å². The van der Waals surface area contributed by atoms with E-state index >= 15 is 0 Å². The number of ketones is 1. The van der Waals surface area contributed by atoms with Crippen molar-refractivity contribution in [2.24, 2.45) is 0 Å². The number of Topliss-reactive ketones (excluding diaryl/α,β-unsaturated/α-hetero) is 1. The van der Waals surface area contributed by atoms with Gasteiger partial charge >= 0.3 is 0 Å². The highest BCUT2D eigenvalue weighted by atomic mass is 16.5. The number of aliphatic hydroxyl groups is 1. The third kappa shape index (κ3) is 4.55. The fraction of sp³-hybridized carbons (Fsp3) is 0.310. The van der Waals surface area contributed by atoms with E-state index in [1.165, 1.54) is 0 Å². The van der Waals surface area contributed by atoms with Crippen molar-refractivity contribution in [1.82, 2.24) is 29.5 Å². The van der Waals surface area contributed by atoms with Gasteiger partial charge in [0.2, 0.25) is 0 Å². The van der Waals surface area contributed by atoms with Gasteiger partial charge in [-0.1, -0.05) is 25.1 Å². The minimum atomic E-state index is -0.545. The zero-order valence-corrected chi connectivity index (χ0v) is 21.5. The van der Waals surface area contributed by atoms with Gasteiger partial charge in [-0.15, -0.1) is 0 Å². The second-order valence-corrected chi connectivity index (χ2v) is 9.76. The molecule has 1 fully saturated rings. The number of hydrogen-bond donors (Lipinski definition) is 2. The van der Waals surface area contributed by atoms with Gasteiger partial charge in [0.15, 0.2) is 5.78 Å². The van der Waals surface area contributed by atoms with Gasteiger partial charge in [0.1, 0.15) is 29.3 Å². The number of β-amino-alcohol motifs (C(OH)–C–C–N with tert-alkyl or cyclic N) is 1. The summed E-state index contributed by atoms with van der Waals surface area (Å²) in [6.45, 7) is 5.75. The van der Waals surface area contributed by atoms with Crippen LogP contribution in [0.1, 0.15) is 40.1 Å². The molecule has 6 rings (SSSR count). The molecule has 194 valence electrons. The van der Waals surface area contributed by atoms with Gasteiger partial charge in [-0.05, 0) is 43.2 Å². The maximum atomic E-state index is 13.5. The summed E-state index contributed by atoms with van der Waals surface area (Å²) in [7, 11) is 0. The van der Waals surface area contributed by atoms with Crippen LogP contribution in [0.15, 0.2) is 60.9 Å². The summed E-state index contributed by atoms with van der Waals surface area (Å²) < 4.78 is 9.69. The summed E-state index contributed by atoms with van der Waals surface area (Å²) in [4.78, 5) is 22.6. The number of ether oxygens (including phenoxy) is 1. The van der Waals surface area contributed by atoms with Crippen LogP contribution in [-0.2, 0) is 19.4 Å². The van der Waals surface area contributed by atoms with E-state index in [0.717, 1.165) is 40.0 Å². The number of pyridine rings is 2. The molecule has 2 N–H and O–H groups in total. The minimum absolute atomic E-state index is 0.0239. The van der Waals surface area contributed by atoms with Gasteiger partial charge in [0.25, 0.3) is 0 Å². The Hall–Kier alpha value is -4.08. The molecule has 2 atom stereocenters. The minimum Gasteiger partial charge on any atom is -0.486 e. The van der Waals surface area contributed by atoms with Crippen molar-refractivity contribution in [3.05, 3.63) is 89.3 Å². The molecule has 0 amide bonds. The monoisotopic (exact) mass is 510 g/mol. The molecular weight excluding hydrogens is 480 g/mol. The lowest BCUT2D eigenvalue weighted by Crippen LogP contribution is -2.29. The predicted octanol–water partition coefficient (Wildman–Crippen LogP) is 3.14. The van der Waals surface area contributed by atoms with Crippen molar-refractivity contribution >= 4 is 22.3 Å². The molecule has 38 heavy (non-hydrogen) atoms. The quantitative estimate of drug-likeness (QED) is 0.309. The highest BCUT2D eigenvalue weighted by Gasteiger charge is 2.27. The van der Waals surface area contributed by atoms with Crippen molar-refractivity contribution in [3.8, 4) is 5.75 Å². The Morgan fingerprint density at radius 3 is 2.84 bits per heavy atom. The summed E-state index contributed by atoms with van der Waals surface area (Å²) in [6.07, 6.45) is 3.57. The Bertz CT molecular complexity index is 1640. The summed E-state index contributed by atoms with van der Waals surface area (Å²) in [5.41, 5.74) is 5.98. The average molecular weight is 511 g/mol. The summed E-state index contributed by atoms with van der Waals surface area (Å²) in [5.74, 6) is 0.590. The number of aromatic nitrogens is 5. The molecular formula is C29H30N6O3. The van der Waals surface area contributed by atoms with Crippen LogP contribution in [0.25, 0.3) is 16.6 Å². The Morgan fingerprint density at radius 1 is 1.18 bits per heavy atom. The highest BCUT2D eigenvalue weighted by molar-refractivity contribution is 5.99. The van der Waals surface area contributed by atoms with Gasteiger partial charge in [-0.3, -0.25) is 18.9 Å². The first-order valence-electron chi connectivity index (χ1n) is 13.0. The number of carbonyl (C=O) groups excluding carboxylic acids is 1. The van der Waals surface area contributed by atoms with Crippen molar-refractivity contribution in [2.45, 2.75) is 45.4 Å². The maximum absolute atomic E-state index is 13.5. The van der Waals surface area contributed by atoms with E-state index in [9.17, 15) is 9.90 Å². The molecule has 9 heteroatoms. The van der Waals surface area contributed by atoms with E-state index in [2.05, 4.69) is 28.3 Å². The van der Waals surface area contributed by atoms with Crippen LogP contribution in [0.2, 0.25) is 0 Å². The molecule has 1 saturated heterocycles. The Morgan fingerprint density at radius 2 is 2.05 bits per heavy atom. The number of benzene rings is 1. The van der Waals surface area contributed by atoms with Crippen molar-refractivity contribution in [3.63, 3.8) is 0 Å². The van der Waals surface area contributed by atoms with E-state index in [-0.39, 0.29) is 18.3 Å². The first-order valence-corrected chi connectivity index (χ1v) is 13.0. The van der Waals surface area contributed by atoms with Gasteiger partial charge < -0.3 is 15.2 Å².